The van der Waals surface area contributed by atoms with Crippen molar-refractivity contribution in [2.45, 2.75) is 49.8 Å². The minimum absolute atomic E-state index is 0.0567. The highest BCUT2D eigenvalue weighted by Gasteiger charge is 2.34. The van der Waals surface area contributed by atoms with E-state index in [1.165, 1.54) is 4.90 Å². The summed E-state index contributed by atoms with van der Waals surface area (Å²) >= 11 is 0. The van der Waals surface area contributed by atoms with Crippen molar-refractivity contribution in [2.75, 3.05) is 32.7 Å². The maximum atomic E-state index is 12.6. The van der Waals surface area contributed by atoms with Gasteiger partial charge in [0.25, 0.3) is 0 Å². The molecule has 24 heavy (non-hydrogen) atoms. The summed E-state index contributed by atoms with van der Waals surface area (Å²) in [5, 5.41) is 2.09. The first-order chi connectivity index (χ1) is 11.5. The first-order valence-electron chi connectivity index (χ1n) is 8.77. The molecule has 2 aliphatic heterocycles. The van der Waals surface area contributed by atoms with Gasteiger partial charge in [-0.1, -0.05) is 12.8 Å². The number of nitrogens with one attached hydrogen (secondary N) is 2. The molecule has 0 bridgehead atoms. The number of piperidine rings is 1. The van der Waals surface area contributed by atoms with Crippen molar-refractivity contribution < 1.29 is 18.0 Å². The van der Waals surface area contributed by atoms with Crippen molar-refractivity contribution in [1.29, 1.82) is 0 Å². The van der Waals surface area contributed by atoms with Gasteiger partial charge in [-0.3, -0.25) is 9.69 Å². The van der Waals surface area contributed by atoms with E-state index in [2.05, 4.69) is 10.0 Å². The Morgan fingerprint density at radius 1 is 1.08 bits per heavy atom. The third-order valence-corrected chi connectivity index (χ3v) is 7.09. The van der Waals surface area contributed by atoms with Crippen LogP contribution in [0.1, 0.15) is 38.5 Å². The van der Waals surface area contributed by atoms with Gasteiger partial charge in [0.15, 0.2) is 0 Å². The summed E-state index contributed by atoms with van der Waals surface area (Å²) in [6.07, 6.45) is 5.54. The van der Waals surface area contributed by atoms with Crippen LogP contribution in [0, 0.1) is 0 Å². The SMILES string of the molecule is O=C1CNC(=O)N1CCN1CCCC(S(=O)(=O)NC2CCCC2)C1. The fraction of sp³-hybridized carbons (Fsp3) is 0.867. The van der Waals surface area contributed by atoms with E-state index in [-0.39, 0.29) is 24.5 Å². The van der Waals surface area contributed by atoms with E-state index in [4.69, 9.17) is 0 Å². The molecule has 0 radical (unpaired) electrons. The van der Waals surface area contributed by atoms with Crippen LogP contribution in [0.15, 0.2) is 0 Å². The van der Waals surface area contributed by atoms with E-state index in [1.807, 2.05) is 4.90 Å². The Kier molecular flexibility index (Phi) is 5.41. The molecule has 0 spiro atoms. The van der Waals surface area contributed by atoms with E-state index in [0.29, 0.717) is 26.1 Å². The second-order valence-corrected chi connectivity index (χ2v) is 8.91. The van der Waals surface area contributed by atoms with Crippen molar-refractivity contribution in [3.63, 3.8) is 0 Å². The summed E-state index contributed by atoms with van der Waals surface area (Å²) < 4.78 is 28.0. The van der Waals surface area contributed by atoms with Crippen molar-refractivity contribution in [3.8, 4) is 0 Å². The summed E-state index contributed by atoms with van der Waals surface area (Å²) in [5.74, 6) is -0.218. The van der Waals surface area contributed by atoms with Crippen LogP contribution in [0.4, 0.5) is 4.79 Å². The van der Waals surface area contributed by atoms with Gasteiger partial charge in [0.05, 0.1) is 11.8 Å². The molecule has 136 valence electrons. The largest absolute Gasteiger partial charge is 0.329 e. The first-order valence-corrected chi connectivity index (χ1v) is 10.3. The molecule has 0 aromatic carbocycles. The van der Waals surface area contributed by atoms with Crippen molar-refractivity contribution >= 4 is 22.0 Å². The van der Waals surface area contributed by atoms with Crippen LogP contribution in [0.3, 0.4) is 0 Å². The Hall–Kier alpha value is -1.19. The van der Waals surface area contributed by atoms with Crippen molar-refractivity contribution in [2.24, 2.45) is 0 Å². The Balaban J connectivity index is 1.52. The number of likely N-dealkylation sites (tertiary alicyclic amines) is 1. The zero-order valence-corrected chi connectivity index (χ0v) is 14.7. The molecule has 1 saturated carbocycles. The van der Waals surface area contributed by atoms with E-state index in [9.17, 15) is 18.0 Å². The van der Waals surface area contributed by atoms with Crippen LogP contribution >= 0.6 is 0 Å². The maximum Gasteiger partial charge on any atom is 0.324 e. The third-order valence-electron chi connectivity index (χ3n) is 5.16. The Morgan fingerprint density at radius 3 is 2.50 bits per heavy atom. The normalized spacial score (nSPS) is 27.0. The summed E-state index contributed by atoms with van der Waals surface area (Å²) in [7, 11) is -3.31. The lowest BCUT2D eigenvalue weighted by atomic mass is 10.1. The molecule has 3 aliphatic rings. The number of carbonyl (C=O) groups is 2. The van der Waals surface area contributed by atoms with E-state index >= 15 is 0 Å². The zero-order valence-electron chi connectivity index (χ0n) is 13.9. The van der Waals surface area contributed by atoms with Gasteiger partial charge in [-0.25, -0.2) is 17.9 Å². The number of nitrogens with zero attached hydrogens (tertiary/aromatic N) is 2. The predicted molar refractivity (Wildman–Crippen MR) is 88.9 cm³/mol. The second kappa shape index (κ2) is 7.37. The number of sulfonamides is 1. The molecular weight excluding hydrogens is 332 g/mol. The summed E-state index contributed by atoms with van der Waals surface area (Å²) in [6, 6.07) is -0.264. The van der Waals surface area contributed by atoms with Gasteiger partial charge >= 0.3 is 6.03 Å². The summed E-state index contributed by atoms with van der Waals surface area (Å²) in [5.41, 5.74) is 0. The lowest BCUT2D eigenvalue weighted by molar-refractivity contribution is -0.125. The predicted octanol–water partition coefficient (Wildman–Crippen LogP) is -0.135. The number of imide groups is 1. The molecule has 1 unspecified atom stereocenters. The number of amides is 3. The molecule has 0 aromatic heterocycles. The van der Waals surface area contributed by atoms with Gasteiger partial charge in [0, 0.05) is 25.7 Å². The minimum Gasteiger partial charge on any atom is -0.329 e. The maximum absolute atomic E-state index is 12.6. The molecule has 3 rings (SSSR count). The van der Waals surface area contributed by atoms with Crippen molar-refractivity contribution in [3.05, 3.63) is 0 Å². The first kappa shape index (κ1) is 17.6. The third kappa shape index (κ3) is 4.07. The molecule has 0 aromatic rings. The van der Waals surface area contributed by atoms with Gasteiger partial charge in [-0.2, -0.15) is 0 Å². The van der Waals surface area contributed by atoms with Crippen LogP contribution in [0.2, 0.25) is 0 Å². The number of rotatable bonds is 6. The average Bonchev–Trinajstić information content (AvgIpc) is 3.16. The molecule has 8 nitrogen and oxygen atoms in total. The highest BCUT2D eigenvalue weighted by molar-refractivity contribution is 7.90. The molecule has 2 heterocycles. The topological polar surface area (TPSA) is 98.8 Å². The van der Waals surface area contributed by atoms with E-state index < -0.39 is 15.3 Å². The molecule has 2 N–H and O–H groups in total. The summed E-state index contributed by atoms with van der Waals surface area (Å²) in [4.78, 5) is 26.4. The van der Waals surface area contributed by atoms with Gasteiger partial charge < -0.3 is 10.2 Å². The van der Waals surface area contributed by atoms with Crippen LogP contribution < -0.4 is 10.0 Å². The standard InChI is InChI=1S/C15H26N4O4S/c20-14-10-16-15(21)19(14)9-8-18-7-3-6-13(11-18)24(22,23)17-12-4-1-2-5-12/h12-13,17H,1-11H2,(H,16,21). The van der Waals surface area contributed by atoms with Crippen LogP contribution in [-0.4, -0.2) is 74.2 Å². The molecule has 1 aliphatic carbocycles. The zero-order chi connectivity index (χ0) is 17.2. The monoisotopic (exact) mass is 358 g/mol. The number of carbonyl (C=O) groups excluding carboxylic acids is 2. The van der Waals surface area contributed by atoms with Gasteiger partial charge in [0.2, 0.25) is 15.9 Å². The molecule has 1 atom stereocenters. The van der Waals surface area contributed by atoms with Gasteiger partial charge in [-0.15, -0.1) is 0 Å². The van der Waals surface area contributed by atoms with E-state index in [1.54, 1.807) is 0 Å². The second-order valence-electron chi connectivity index (χ2n) is 6.91. The highest BCUT2D eigenvalue weighted by atomic mass is 32.2. The quantitative estimate of drug-likeness (QED) is 0.644. The number of hydrogen-bond donors (Lipinski definition) is 2. The van der Waals surface area contributed by atoms with Gasteiger partial charge in [0.1, 0.15) is 0 Å². The average molecular weight is 358 g/mol. The number of hydrogen-bond acceptors (Lipinski definition) is 5. The van der Waals surface area contributed by atoms with Crippen LogP contribution in [-0.2, 0) is 14.8 Å². The fourth-order valence-electron chi connectivity index (χ4n) is 3.76. The van der Waals surface area contributed by atoms with E-state index in [0.717, 1.165) is 38.6 Å². The van der Waals surface area contributed by atoms with Crippen LogP contribution in [0.5, 0.6) is 0 Å². The summed E-state index contributed by atoms with van der Waals surface area (Å²) in [6.45, 7) is 2.16. The molecule has 3 fully saturated rings. The molecule has 9 heteroatoms. The molecule has 2 saturated heterocycles. The Morgan fingerprint density at radius 2 is 1.83 bits per heavy atom. The van der Waals surface area contributed by atoms with Gasteiger partial charge in [-0.05, 0) is 32.2 Å². The Labute approximate surface area is 143 Å². The molecular formula is C15H26N4O4S. The minimum atomic E-state index is -3.31. The fourth-order valence-corrected chi connectivity index (χ4v) is 5.54. The highest BCUT2D eigenvalue weighted by Crippen LogP contribution is 2.22. The van der Waals surface area contributed by atoms with Crippen LogP contribution in [0.25, 0.3) is 0 Å². The smallest absolute Gasteiger partial charge is 0.324 e. The molecule has 3 amide bonds. The van der Waals surface area contributed by atoms with Crippen molar-refractivity contribution in [1.82, 2.24) is 19.8 Å². The lowest BCUT2D eigenvalue weighted by Crippen LogP contribution is -2.50. The number of urea groups is 1. The lowest BCUT2D eigenvalue weighted by Gasteiger charge is -2.33. The Bertz CT molecular complexity index is 572.